The van der Waals surface area contributed by atoms with E-state index in [0.29, 0.717) is 30.6 Å². The fraction of sp³-hybridized carbons (Fsp3) is 0.467. The Morgan fingerprint density at radius 2 is 2.03 bits per heavy atom. The topological polar surface area (TPSA) is 92.7 Å². The maximum absolute atomic E-state index is 14.7. The molecule has 7 nitrogen and oxygen atoms in total. The van der Waals surface area contributed by atoms with Gasteiger partial charge in [-0.1, -0.05) is 6.07 Å². The fourth-order valence-electron chi connectivity index (χ4n) is 5.26. The lowest BCUT2D eigenvalue weighted by atomic mass is 9.83. The quantitative estimate of drug-likeness (QED) is 0.374. The molecule has 0 spiro atoms. The highest BCUT2D eigenvalue weighted by Crippen LogP contribution is 2.29. The Kier molecular flexibility index (Phi) is 7.93. The molecule has 1 aromatic heterocycles. The summed E-state index contributed by atoms with van der Waals surface area (Å²) in [5.41, 5.74) is 2.69. The molecule has 2 heterocycles. The van der Waals surface area contributed by atoms with Gasteiger partial charge in [-0.05, 0) is 87.8 Å². The molecular formula is C30H36FN3O4. The molecule has 1 saturated heterocycles. The minimum atomic E-state index is -0.636. The smallest absolute Gasteiger partial charge is 0.258 e. The molecule has 38 heavy (non-hydrogen) atoms. The molecule has 202 valence electrons. The Morgan fingerprint density at radius 3 is 2.76 bits per heavy atom. The van der Waals surface area contributed by atoms with E-state index in [1.807, 2.05) is 32.2 Å². The number of rotatable bonds is 8. The number of nitrogens with zero attached hydrogens (tertiary/aromatic N) is 1. The van der Waals surface area contributed by atoms with Crippen molar-refractivity contribution in [1.82, 2.24) is 10.3 Å². The molecule has 0 unspecified atom stereocenters. The third-order valence-electron chi connectivity index (χ3n) is 7.71. The van der Waals surface area contributed by atoms with Crippen molar-refractivity contribution in [3.63, 3.8) is 0 Å². The van der Waals surface area contributed by atoms with Crippen LogP contribution in [0.3, 0.4) is 0 Å². The SMILES string of the molecule is Cc1c(NC(=O)c2ccc(OC[C@@H]3CCCO3)cc2F)ccc2cc(CNC3CCC(C)(O)CC3)cnc12. The van der Waals surface area contributed by atoms with Crippen LogP contribution >= 0.6 is 0 Å². The molecule has 5 rings (SSSR count). The van der Waals surface area contributed by atoms with E-state index in [2.05, 4.69) is 21.7 Å². The first-order valence-electron chi connectivity index (χ1n) is 13.5. The van der Waals surface area contributed by atoms with E-state index in [4.69, 9.17) is 9.47 Å². The number of fused-ring (bicyclic) bond motifs is 1. The molecule has 1 atom stereocenters. The van der Waals surface area contributed by atoms with Crippen LogP contribution in [0.2, 0.25) is 0 Å². The number of nitrogens with one attached hydrogen (secondary N) is 2. The zero-order valence-electron chi connectivity index (χ0n) is 22.1. The number of pyridine rings is 1. The molecule has 0 bridgehead atoms. The van der Waals surface area contributed by atoms with Crippen molar-refractivity contribution >= 4 is 22.5 Å². The van der Waals surface area contributed by atoms with Gasteiger partial charge in [0.1, 0.15) is 18.2 Å². The summed E-state index contributed by atoms with van der Waals surface area (Å²) >= 11 is 0. The van der Waals surface area contributed by atoms with Gasteiger partial charge < -0.3 is 25.2 Å². The number of aromatic nitrogens is 1. The lowest BCUT2D eigenvalue weighted by molar-refractivity contribution is 0.0140. The number of amides is 1. The summed E-state index contributed by atoms with van der Waals surface area (Å²) in [4.78, 5) is 17.5. The van der Waals surface area contributed by atoms with Crippen molar-refractivity contribution in [2.75, 3.05) is 18.5 Å². The third-order valence-corrected chi connectivity index (χ3v) is 7.71. The first kappa shape index (κ1) is 26.5. The summed E-state index contributed by atoms with van der Waals surface area (Å²) in [5.74, 6) is -0.785. The van der Waals surface area contributed by atoms with Crippen LogP contribution in [0, 0.1) is 12.7 Å². The highest BCUT2D eigenvalue weighted by molar-refractivity contribution is 6.06. The normalized spacial score (nSPS) is 23.5. The molecule has 1 saturated carbocycles. The summed E-state index contributed by atoms with van der Waals surface area (Å²) in [6, 6.07) is 10.5. The van der Waals surface area contributed by atoms with E-state index in [0.717, 1.165) is 67.2 Å². The molecule has 1 aliphatic heterocycles. The van der Waals surface area contributed by atoms with Gasteiger partial charge in [0, 0.05) is 42.5 Å². The second kappa shape index (κ2) is 11.4. The van der Waals surface area contributed by atoms with Crippen molar-refractivity contribution in [3.05, 3.63) is 65.1 Å². The average molecular weight is 522 g/mol. The summed E-state index contributed by atoms with van der Waals surface area (Å²) < 4.78 is 25.9. The summed E-state index contributed by atoms with van der Waals surface area (Å²) in [6.45, 7) is 5.62. The molecule has 2 aliphatic rings. The van der Waals surface area contributed by atoms with Crippen LogP contribution < -0.4 is 15.4 Å². The van der Waals surface area contributed by atoms with Crippen LogP contribution in [0.1, 0.15) is 66.9 Å². The molecule has 1 amide bonds. The Hall–Kier alpha value is -3.07. The Labute approximate surface area is 222 Å². The predicted octanol–water partition coefficient (Wildman–Crippen LogP) is 5.28. The van der Waals surface area contributed by atoms with Gasteiger partial charge in [0.15, 0.2) is 0 Å². The number of ether oxygens (including phenoxy) is 2. The maximum Gasteiger partial charge on any atom is 0.258 e. The highest BCUT2D eigenvalue weighted by Gasteiger charge is 2.28. The third kappa shape index (κ3) is 6.31. The number of anilines is 1. The molecule has 3 N–H and O–H groups in total. The number of aryl methyl sites for hydroxylation is 1. The number of benzene rings is 2. The number of carbonyl (C=O) groups excluding carboxylic acids is 1. The second-order valence-corrected chi connectivity index (χ2v) is 10.8. The van der Waals surface area contributed by atoms with Gasteiger partial charge in [-0.15, -0.1) is 0 Å². The zero-order valence-corrected chi connectivity index (χ0v) is 22.1. The molecule has 3 aromatic rings. The minimum Gasteiger partial charge on any atom is -0.491 e. The Balaban J connectivity index is 1.21. The first-order chi connectivity index (χ1) is 18.3. The Bertz CT molecular complexity index is 1300. The van der Waals surface area contributed by atoms with Crippen molar-refractivity contribution < 1.29 is 23.8 Å². The van der Waals surface area contributed by atoms with E-state index < -0.39 is 17.3 Å². The van der Waals surface area contributed by atoms with Crippen molar-refractivity contribution in [3.8, 4) is 5.75 Å². The van der Waals surface area contributed by atoms with E-state index in [9.17, 15) is 14.3 Å². The molecule has 2 fully saturated rings. The van der Waals surface area contributed by atoms with Gasteiger partial charge in [0.2, 0.25) is 0 Å². The van der Waals surface area contributed by atoms with Gasteiger partial charge in [-0.25, -0.2) is 4.39 Å². The number of halogens is 1. The van der Waals surface area contributed by atoms with Crippen LogP contribution in [-0.2, 0) is 11.3 Å². The van der Waals surface area contributed by atoms with Crippen LogP contribution in [-0.4, -0.2) is 47.0 Å². The van der Waals surface area contributed by atoms with Gasteiger partial charge in [0.25, 0.3) is 5.91 Å². The summed E-state index contributed by atoms with van der Waals surface area (Å²) in [6.07, 6.45) is 7.38. The fourth-order valence-corrected chi connectivity index (χ4v) is 5.26. The summed E-state index contributed by atoms with van der Waals surface area (Å²) in [7, 11) is 0. The van der Waals surface area contributed by atoms with Gasteiger partial charge in [0.05, 0.1) is 22.8 Å². The van der Waals surface area contributed by atoms with Crippen LogP contribution in [0.15, 0.2) is 42.6 Å². The van der Waals surface area contributed by atoms with Gasteiger partial charge in [-0.3, -0.25) is 9.78 Å². The monoisotopic (exact) mass is 521 g/mol. The predicted molar refractivity (Wildman–Crippen MR) is 145 cm³/mol. The molecule has 8 heteroatoms. The molecule has 1 aliphatic carbocycles. The lowest BCUT2D eigenvalue weighted by Crippen LogP contribution is -2.39. The summed E-state index contributed by atoms with van der Waals surface area (Å²) in [5, 5.41) is 17.5. The number of aliphatic hydroxyl groups is 1. The highest BCUT2D eigenvalue weighted by atomic mass is 19.1. The maximum atomic E-state index is 14.7. The number of hydrogen-bond acceptors (Lipinski definition) is 6. The molecular weight excluding hydrogens is 485 g/mol. The number of hydrogen-bond donors (Lipinski definition) is 3. The first-order valence-corrected chi connectivity index (χ1v) is 13.5. The average Bonchev–Trinajstić information content (AvgIpc) is 3.42. The lowest BCUT2D eigenvalue weighted by Gasteiger charge is -2.33. The molecule has 0 radical (unpaired) electrons. The van der Waals surface area contributed by atoms with Crippen LogP contribution in [0.25, 0.3) is 10.9 Å². The van der Waals surface area contributed by atoms with Crippen molar-refractivity contribution in [1.29, 1.82) is 0 Å². The number of carbonyl (C=O) groups is 1. The van der Waals surface area contributed by atoms with E-state index in [1.165, 1.54) is 12.1 Å². The Morgan fingerprint density at radius 1 is 1.21 bits per heavy atom. The largest absolute Gasteiger partial charge is 0.491 e. The standard InChI is InChI=1S/C30H36FN3O4/c1-19-27(34-29(35)25-7-6-23(15-26(25)31)38-18-24-4-3-13-37-24)8-5-21-14-20(17-33-28(19)21)16-32-22-9-11-30(2,36)12-10-22/h5-8,14-15,17,22,24,32,36H,3-4,9-13,16,18H2,1-2H3,(H,34,35)/t22?,24-,30?/m0/s1. The van der Waals surface area contributed by atoms with Gasteiger partial charge >= 0.3 is 0 Å². The second-order valence-electron chi connectivity index (χ2n) is 10.8. The zero-order chi connectivity index (χ0) is 26.7. The van der Waals surface area contributed by atoms with Crippen molar-refractivity contribution in [2.24, 2.45) is 0 Å². The van der Waals surface area contributed by atoms with E-state index in [1.54, 1.807) is 6.07 Å². The molecule has 2 aromatic carbocycles. The van der Waals surface area contributed by atoms with E-state index in [-0.39, 0.29) is 11.7 Å². The van der Waals surface area contributed by atoms with Crippen molar-refractivity contribution in [2.45, 2.75) is 76.7 Å². The van der Waals surface area contributed by atoms with E-state index >= 15 is 0 Å². The minimum absolute atomic E-state index is 0.0356. The van der Waals surface area contributed by atoms with Crippen LogP contribution in [0.4, 0.5) is 10.1 Å². The van der Waals surface area contributed by atoms with Crippen LogP contribution in [0.5, 0.6) is 5.75 Å². The van der Waals surface area contributed by atoms with Gasteiger partial charge in [-0.2, -0.15) is 0 Å².